The predicted octanol–water partition coefficient (Wildman–Crippen LogP) is 4.42. The Morgan fingerprint density at radius 3 is 2.21 bits per heavy atom. The van der Waals surface area contributed by atoms with Crippen LogP contribution in [0.15, 0.2) is 48.5 Å². The van der Waals surface area contributed by atoms with Gasteiger partial charge >= 0.3 is 5.97 Å². The third-order valence-corrected chi connectivity index (χ3v) is 5.13. The second-order valence-electron chi connectivity index (χ2n) is 6.87. The highest BCUT2D eigenvalue weighted by molar-refractivity contribution is 6.31. The van der Waals surface area contributed by atoms with Crippen molar-refractivity contribution in [3.8, 4) is 0 Å². The molecule has 2 aromatic carbocycles. The first-order valence-electron chi connectivity index (χ1n) is 9.14. The van der Waals surface area contributed by atoms with Crippen LogP contribution in [-0.4, -0.2) is 22.9 Å². The Labute approximate surface area is 167 Å². The van der Waals surface area contributed by atoms with Gasteiger partial charge in [-0.2, -0.15) is 0 Å². The van der Waals surface area contributed by atoms with E-state index in [1.165, 1.54) is 0 Å². The minimum Gasteiger partial charge on any atom is -0.481 e. The molecule has 0 saturated heterocycles. The zero-order chi connectivity index (χ0) is 20.1. The first-order chi connectivity index (χ1) is 13.4. The van der Waals surface area contributed by atoms with E-state index >= 15 is 0 Å². The summed E-state index contributed by atoms with van der Waals surface area (Å²) >= 11 is 5.92. The van der Waals surface area contributed by atoms with Gasteiger partial charge in [-0.3, -0.25) is 14.4 Å². The van der Waals surface area contributed by atoms with Crippen LogP contribution in [0.3, 0.4) is 0 Å². The SMILES string of the molecule is O=C(Nc1cccc(Cl)c1)c1cccc(NC(=O)C2CCCCC2C(=O)O)c1. The van der Waals surface area contributed by atoms with Gasteiger partial charge in [-0.15, -0.1) is 0 Å². The third-order valence-electron chi connectivity index (χ3n) is 4.89. The van der Waals surface area contributed by atoms with Crippen molar-refractivity contribution in [1.29, 1.82) is 0 Å². The van der Waals surface area contributed by atoms with Crippen molar-refractivity contribution in [2.75, 3.05) is 10.6 Å². The number of halogens is 1. The van der Waals surface area contributed by atoms with Crippen LogP contribution in [-0.2, 0) is 9.59 Å². The van der Waals surface area contributed by atoms with Crippen molar-refractivity contribution in [3.05, 3.63) is 59.1 Å². The molecule has 0 heterocycles. The lowest BCUT2D eigenvalue weighted by Crippen LogP contribution is -2.36. The Kier molecular flexibility index (Phi) is 6.31. The topological polar surface area (TPSA) is 95.5 Å². The number of hydrogen-bond donors (Lipinski definition) is 3. The van der Waals surface area contributed by atoms with E-state index in [0.29, 0.717) is 34.8 Å². The second-order valence-corrected chi connectivity index (χ2v) is 7.31. The minimum atomic E-state index is -0.936. The molecule has 2 atom stereocenters. The average molecular weight is 401 g/mol. The van der Waals surface area contributed by atoms with Gasteiger partial charge in [0.1, 0.15) is 0 Å². The molecular weight excluding hydrogens is 380 g/mol. The number of carbonyl (C=O) groups excluding carboxylic acids is 2. The second kappa shape index (κ2) is 8.89. The summed E-state index contributed by atoms with van der Waals surface area (Å²) in [5.74, 6) is -2.81. The van der Waals surface area contributed by atoms with E-state index in [1.807, 2.05) is 0 Å². The lowest BCUT2D eigenvalue weighted by Gasteiger charge is -2.27. The summed E-state index contributed by atoms with van der Waals surface area (Å²) in [7, 11) is 0. The van der Waals surface area contributed by atoms with Gasteiger partial charge in [0.2, 0.25) is 5.91 Å². The summed E-state index contributed by atoms with van der Waals surface area (Å²) < 4.78 is 0. The molecule has 6 nitrogen and oxygen atoms in total. The van der Waals surface area contributed by atoms with Crippen LogP contribution in [0.5, 0.6) is 0 Å². The number of nitrogens with one attached hydrogen (secondary N) is 2. The molecule has 3 N–H and O–H groups in total. The Balaban J connectivity index is 1.69. The van der Waals surface area contributed by atoms with Crippen molar-refractivity contribution in [3.63, 3.8) is 0 Å². The minimum absolute atomic E-state index is 0.320. The molecule has 0 aliphatic heterocycles. The molecule has 146 valence electrons. The number of hydrogen-bond acceptors (Lipinski definition) is 3. The van der Waals surface area contributed by atoms with Gasteiger partial charge in [0.25, 0.3) is 5.91 Å². The first-order valence-corrected chi connectivity index (χ1v) is 9.52. The van der Waals surface area contributed by atoms with Gasteiger partial charge in [-0.05, 0) is 49.2 Å². The van der Waals surface area contributed by atoms with Crippen molar-refractivity contribution in [2.24, 2.45) is 11.8 Å². The molecule has 2 aromatic rings. The van der Waals surface area contributed by atoms with E-state index in [1.54, 1.807) is 48.5 Å². The predicted molar refractivity (Wildman–Crippen MR) is 108 cm³/mol. The molecule has 3 rings (SSSR count). The molecule has 0 radical (unpaired) electrons. The molecular formula is C21H21ClN2O4. The van der Waals surface area contributed by atoms with Gasteiger partial charge < -0.3 is 15.7 Å². The molecule has 1 fully saturated rings. The van der Waals surface area contributed by atoms with Crippen LogP contribution in [0, 0.1) is 11.8 Å². The number of benzene rings is 2. The highest BCUT2D eigenvalue weighted by atomic mass is 35.5. The first kappa shape index (κ1) is 19.9. The Morgan fingerprint density at radius 1 is 0.893 bits per heavy atom. The number of rotatable bonds is 5. The molecule has 2 amide bonds. The number of anilines is 2. The van der Waals surface area contributed by atoms with Crippen molar-refractivity contribution < 1.29 is 19.5 Å². The molecule has 0 aromatic heterocycles. The maximum Gasteiger partial charge on any atom is 0.307 e. The molecule has 1 aliphatic carbocycles. The van der Waals surface area contributed by atoms with E-state index < -0.39 is 17.8 Å². The van der Waals surface area contributed by atoms with Crippen LogP contribution in [0.4, 0.5) is 11.4 Å². The van der Waals surface area contributed by atoms with Crippen LogP contribution in [0.25, 0.3) is 0 Å². The fourth-order valence-electron chi connectivity index (χ4n) is 3.48. The van der Waals surface area contributed by atoms with E-state index in [0.717, 1.165) is 12.8 Å². The number of amides is 2. The molecule has 28 heavy (non-hydrogen) atoms. The molecule has 7 heteroatoms. The van der Waals surface area contributed by atoms with Crippen molar-refractivity contribution >= 4 is 40.8 Å². The Morgan fingerprint density at radius 2 is 1.54 bits per heavy atom. The summed E-state index contributed by atoms with van der Waals surface area (Å²) in [5, 5.41) is 15.4. The lowest BCUT2D eigenvalue weighted by molar-refractivity contribution is -0.147. The van der Waals surface area contributed by atoms with Gasteiger partial charge in [0.05, 0.1) is 11.8 Å². The van der Waals surface area contributed by atoms with Gasteiger partial charge in [-0.25, -0.2) is 0 Å². The zero-order valence-electron chi connectivity index (χ0n) is 15.2. The fourth-order valence-corrected chi connectivity index (χ4v) is 3.67. The van der Waals surface area contributed by atoms with Crippen LogP contribution in [0.1, 0.15) is 36.0 Å². The third kappa shape index (κ3) is 4.89. The lowest BCUT2D eigenvalue weighted by atomic mass is 9.78. The fraction of sp³-hybridized carbons (Fsp3) is 0.286. The summed E-state index contributed by atoms with van der Waals surface area (Å²) in [6.45, 7) is 0. The van der Waals surface area contributed by atoms with E-state index in [9.17, 15) is 19.5 Å². The Hall–Kier alpha value is -2.86. The quantitative estimate of drug-likeness (QED) is 0.692. The maximum atomic E-state index is 12.6. The molecule has 0 spiro atoms. The molecule has 2 unspecified atom stereocenters. The van der Waals surface area contributed by atoms with Crippen LogP contribution >= 0.6 is 11.6 Å². The van der Waals surface area contributed by atoms with Crippen molar-refractivity contribution in [1.82, 2.24) is 0 Å². The van der Waals surface area contributed by atoms with E-state index in [4.69, 9.17) is 11.6 Å². The van der Waals surface area contributed by atoms with E-state index in [2.05, 4.69) is 10.6 Å². The number of carbonyl (C=O) groups is 3. The number of carboxylic acids is 1. The highest BCUT2D eigenvalue weighted by Gasteiger charge is 2.35. The average Bonchev–Trinajstić information content (AvgIpc) is 2.68. The summed E-state index contributed by atoms with van der Waals surface area (Å²) in [5.41, 5.74) is 1.40. The standard InChI is InChI=1S/C21H21ClN2O4/c22-14-6-4-8-16(12-14)23-19(25)13-5-3-7-15(11-13)24-20(26)17-9-1-2-10-18(17)21(27)28/h3-8,11-12,17-18H,1-2,9-10H2,(H,23,25)(H,24,26)(H,27,28). The number of aliphatic carboxylic acids is 1. The van der Waals surface area contributed by atoms with E-state index in [-0.39, 0.29) is 11.8 Å². The van der Waals surface area contributed by atoms with Gasteiger partial charge in [0, 0.05) is 22.0 Å². The Bertz CT molecular complexity index is 899. The summed E-state index contributed by atoms with van der Waals surface area (Å²) in [6, 6.07) is 13.3. The van der Waals surface area contributed by atoms with Crippen LogP contribution < -0.4 is 10.6 Å². The van der Waals surface area contributed by atoms with Gasteiger partial charge in [-0.1, -0.05) is 36.6 Å². The normalized spacial score (nSPS) is 18.9. The molecule has 1 saturated carbocycles. The number of carboxylic acid groups (broad SMARTS) is 1. The highest BCUT2D eigenvalue weighted by Crippen LogP contribution is 2.31. The summed E-state index contributed by atoms with van der Waals surface area (Å²) in [6.07, 6.45) is 2.72. The monoisotopic (exact) mass is 400 g/mol. The molecule has 1 aliphatic rings. The molecule has 0 bridgehead atoms. The zero-order valence-corrected chi connectivity index (χ0v) is 15.9. The summed E-state index contributed by atoms with van der Waals surface area (Å²) in [4.78, 5) is 36.5. The van der Waals surface area contributed by atoms with Gasteiger partial charge in [0.15, 0.2) is 0 Å². The van der Waals surface area contributed by atoms with Crippen molar-refractivity contribution in [2.45, 2.75) is 25.7 Å². The largest absolute Gasteiger partial charge is 0.481 e. The smallest absolute Gasteiger partial charge is 0.307 e. The van der Waals surface area contributed by atoms with Crippen LogP contribution in [0.2, 0.25) is 5.02 Å². The maximum absolute atomic E-state index is 12.6.